The number of anilines is 1. The number of rotatable bonds is 3. The van der Waals surface area contributed by atoms with Crippen molar-refractivity contribution in [2.24, 2.45) is 0 Å². The van der Waals surface area contributed by atoms with Crippen LogP contribution in [0.5, 0.6) is 0 Å². The molecule has 6 rings (SSSR count). The molecule has 4 fully saturated rings. The largest absolute Gasteiger partial charge is 0.342 e. The highest BCUT2D eigenvalue weighted by Crippen LogP contribution is 2.47. The van der Waals surface area contributed by atoms with Gasteiger partial charge in [-0.25, -0.2) is 9.97 Å². The molecule has 3 aliphatic heterocycles. The summed E-state index contributed by atoms with van der Waals surface area (Å²) >= 11 is 0. The second-order valence-electron chi connectivity index (χ2n) is 8.86. The molecule has 1 aromatic carbocycles. The molecule has 0 unspecified atom stereocenters. The third-order valence-electron chi connectivity index (χ3n) is 7.06. The van der Waals surface area contributed by atoms with Crippen LogP contribution < -0.4 is 4.90 Å². The van der Waals surface area contributed by atoms with Crippen LogP contribution in [-0.2, 0) is 9.53 Å². The van der Waals surface area contributed by atoms with Crippen molar-refractivity contribution in [3.63, 3.8) is 0 Å². The molecule has 2 atom stereocenters. The van der Waals surface area contributed by atoms with Gasteiger partial charge in [0.15, 0.2) is 5.60 Å². The van der Waals surface area contributed by atoms with Gasteiger partial charge in [0.05, 0.1) is 6.04 Å². The molecule has 1 aromatic heterocycles. The van der Waals surface area contributed by atoms with Crippen molar-refractivity contribution in [1.29, 1.82) is 0 Å². The molecule has 1 saturated carbocycles. The van der Waals surface area contributed by atoms with E-state index in [1.807, 2.05) is 35.5 Å². The number of ether oxygens (including phenoxy) is 1. The minimum atomic E-state index is -0.664. The van der Waals surface area contributed by atoms with Crippen LogP contribution in [0.1, 0.15) is 61.6 Å². The molecular weight excluding hydrogens is 364 g/mol. The molecule has 0 radical (unpaired) electrons. The fourth-order valence-electron chi connectivity index (χ4n) is 5.24. The number of amides is 1. The van der Waals surface area contributed by atoms with E-state index in [4.69, 9.17) is 4.74 Å². The summed E-state index contributed by atoms with van der Waals surface area (Å²) in [4.78, 5) is 26.8. The van der Waals surface area contributed by atoms with Crippen molar-refractivity contribution in [2.75, 3.05) is 18.0 Å². The Kier molecular flexibility index (Phi) is 3.91. The third kappa shape index (κ3) is 2.84. The van der Waals surface area contributed by atoms with E-state index >= 15 is 0 Å². The minimum absolute atomic E-state index is 0.0756. The van der Waals surface area contributed by atoms with E-state index in [0.29, 0.717) is 18.8 Å². The van der Waals surface area contributed by atoms with Crippen LogP contribution in [-0.4, -0.2) is 45.7 Å². The minimum Gasteiger partial charge on any atom is -0.342 e. The average molecular weight is 390 g/mol. The summed E-state index contributed by atoms with van der Waals surface area (Å²) < 4.78 is 6.43. The zero-order valence-electron chi connectivity index (χ0n) is 16.5. The fourth-order valence-corrected chi connectivity index (χ4v) is 5.24. The van der Waals surface area contributed by atoms with Gasteiger partial charge in [0.2, 0.25) is 5.95 Å². The van der Waals surface area contributed by atoms with Gasteiger partial charge in [-0.05, 0) is 42.7 Å². The molecule has 29 heavy (non-hydrogen) atoms. The molecule has 0 bridgehead atoms. The molecule has 150 valence electrons. The van der Waals surface area contributed by atoms with Crippen molar-refractivity contribution in [3.05, 3.63) is 53.9 Å². The van der Waals surface area contributed by atoms with Crippen molar-refractivity contribution in [2.45, 2.75) is 62.3 Å². The topological polar surface area (TPSA) is 58.6 Å². The summed E-state index contributed by atoms with van der Waals surface area (Å²) in [5.41, 5.74) is 1.80. The lowest BCUT2D eigenvalue weighted by Gasteiger charge is -2.37. The Morgan fingerprint density at radius 2 is 1.66 bits per heavy atom. The second-order valence-corrected chi connectivity index (χ2v) is 8.86. The summed E-state index contributed by atoms with van der Waals surface area (Å²) in [7, 11) is 0. The highest BCUT2D eigenvalue weighted by Gasteiger charge is 2.58. The number of benzene rings is 1. The predicted octanol–water partition coefficient (Wildman–Crippen LogP) is 3.41. The maximum absolute atomic E-state index is 13.5. The van der Waals surface area contributed by atoms with Crippen LogP contribution in [0.15, 0.2) is 42.7 Å². The molecule has 6 heteroatoms. The Morgan fingerprint density at radius 3 is 2.34 bits per heavy atom. The number of hydrogen-bond acceptors (Lipinski definition) is 5. The van der Waals surface area contributed by atoms with Crippen LogP contribution >= 0.6 is 0 Å². The van der Waals surface area contributed by atoms with E-state index in [9.17, 15) is 4.79 Å². The average Bonchev–Trinajstić information content (AvgIpc) is 3.49. The van der Waals surface area contributed by atoms with E-state index in [1.54, 1.807) is 0 Å². The highest BCUT2D eigenvalue weighted by atomic mass is 16.6. The van der Waals surface area contributed by atoms with Crippen molar-refractivity contribution in [1.82, 2.24) is 14.9 Å². The summed E-state index contributed by atoms with van der Waals surface area (Å²) in [6.07, 6.45) is 9.69. The lowest BCUT2D eigenvalue weighted by molar-refractivity contribution is -0.140. The highest BCUT2D eigenvalue weighted by molar-refractivity contribution is 5.88. The standard InChI is InChI=1S/C23H26N4O2/c28-21-23(29-20-9-8-19(27(20)21)17-4-2-1-3-5-17)10-12-26(13-11-23)22-24-14-18(15-25-22)16-6-7-16/h1-5,14-16,19-20H,6-13H2/t19-,20+/m0/s1. The second kappa shape index (κ2) is 6.52. The molecule has 4 heterocycles. The molecule has 4 aliphatic rings. The SMILES string of the molecule is O=C1N2[C@@H](CC[C@H]2c2ccccc2)OC12CCN(c1ncc(C3CC3)cn1)CC2. The Balaban J connectivity index is 1.16. The lowest BCUT2D eigenvalue weighted by atomic mass is 9.89. The van der Waals surface area contributed by atoms with Crippen molar-refractivity contribution < 1.29 is 9.53 Å². The normalized spacial score (nSPS) is 28.2. The number of fused-ring (bicyclic) bond motifs is 1. The molecule has 1 aliphatic carbocycles. The van der Waals surface area contributed by atoms with Gasteiger partial charge in [0.25, 0.3) is 5.91 Å². The molecule has 1 amide bonds. The van der Waals surface area contributed by atoms with E-state index < -0.39 is 5.60 Å². The van der Waals surface area contributed by atoms with Gasteiger partial charge in [0.1, 0.15) is 6.23 Å². The van der Waals surface area contributed by atoms with Gasteiger partial charge in [-0.2, -0.15) is 0 Å². The molecule has 6 nitrogen and oxygen atoms in total. The molecule has 2 aromatic rings. The Morgan fingerprint density at radius 1 is 0.931 bits per heavy atom. The number of nitrogens with zero attached hydrogens (tertiary/aromatic N) is 4. The van der Waals surface area contributed by atoms with Crippen LogP contribution in [0.2, 0.25) is 0 Å². The molecular formula is C23H26N4O2. The number of piperidine rings is 1. The number of hydrogen-bond donors (Lipinski definition) is 0. The van der Waals surface area contributed by atoms with Gasteiger partial charge in [-0.1, -0.05) is 30.3 Å². The Labute approximate surface area is 170 Å². The van der Waals surface area contributed by atoms with E-state index in [-0.39, 0.29) is 18.2 Å². The summed E-state index contributed by atoms with van der Waals surface area (Å²) in [5, 5.41) is 0. The smallest absolute Gasteiger partial charge is 0.257 e. The van der Waals surface area contributed by atoms with Crippen molar-refractivity contribution in [3.8, 4) is 0 Å². The van der Waals surface area contributed by atoms with Crippen LogP contribution in [0, 0.1) is 0 Å². The number of carbonyl (C=O) groups is 1. The first-order valence-corrected chi connectivity index (χ1v) is 10.9. The quantitative estimate of drug-likeness (QED) is 0.804. The first kappa shape index (κ1) is 17.4. The van der Waals surface area contributed by atoms with E-state index in [1.165, 1.54) is 24.0 Å². The number of carbonyl (C=O) groups excluding carboxylic acids is 1. The maximum atomic E-state index is 13.5. The van der Waals surface area contributed by atoms with Crippen LogP contribution in [0.25, 0.3) is 0 Å². The predicted molar refractivity (Wildman–Crippen MR) is 108 cm³/mol. The number of aromatic nitrogens is 2. The fraction of sp³-hybridized carbons (Fsp3) is 0.522. The summed E-state index contributed by atoms with van der Waals surface area (Å²) in [6, 6.07) is 10.5. The van der Waals surface area contributed by atoms with E-state index in [0.717, 1.165) is 31.9 Å². The van der Waals surface area contributed by atoms with Crippen molar-refractivity contribution >= 4 is 11.9 Å². The Bertz CT molecular complexity index is 904. The molecule has 1 spiro atoms. The zero-order chi connectivity index (χ0) is 19.4. The summed E-state index contributed by atoms with van der Waals surface area (Å²) in [5.74, 6) is 1.63. The Hall–Kier alpha value is -2.47. The van der Waals surface area contributed by atoms with Crippen LogP contribution in [0.3, 0.4) is 0 Å². The lowest BCUT2D eigenvalue weighted by Crippen LogP contribution is -2.50. The maximum Gasteiger partial charge on any atom is 0.257 e. The molecule has 0 N–H and O–H groups in total. The first-order chi connectivity index (χ1) is 14.2. The van der Waals surface area contributed by atoms with Gasteiger partial charge in [-0.15, -0.1) is 0 Å². The van der Waals surface area contributed by atoms with Gasteiger partial charge in [-0.3, -0.25) is 4.79 Å². The van der Waals surface area contributed by atoms with Gasteiger partial charge < -0.3 is 14.5 Å². The monoisotopic (exact) mass is 390 g/mol. The zero-order valence-corrected chi connectivity index (χ0v) is 16.5. The summed E-state index contributed by atoms with van der Waals surface area (Å²) in [6.45, 7) is 1.51. The van der Waals surface area contributed by atoms with Gasteiger partial charge in [0, 0.05) is 38.3 Å². The van der Waals surface area contributed by atoms with E-state index in [2.05, 4.69) is 27.0 Å². The third-order valence-corrected chi connectivity index (χ3v) is 7.06. The van der Waals surface area contributed by atoms with Gasteiger partial charge >= 0.3 is 0 Å². The molecule has 3 saturated heterocycles. The van der Waals surface area contributed by atoms with Crippen LogP contribution in [0.4, 0.5) is 5.95 Å². The first-order valence-electron chi connectivity index (χ1n) is 10.9.